The Morgan fingerprint density at radius 2 is 2.00 bits per heavy atom. The van der Waals surface area contributed by atoms with E-state index in [0.29, 0.717) is 11.7 Å². The molecule has 1 aromatic rings. The van der Waals surface area contributed by atoms with Gasteiger partial charge in [0.1, 0.15) is 0 Å². The molecule has 0 aliphatic heterocycles. The van der Waals surface area contributed by atoms with E-state index in [1.807, 2.05) is 12.1 Å². The summed E-state index contributed by atoms with van der Waals surface area (Å²) < 4.78 is 18.6. The zero-order valence-electron chi connectivity index (χ0n) is 13.2. The molecular weight excluding hydrogens is 253 g/mol. The Kier molecular flexibility index (Phi) is 7.60. The molecule has 0 saturated heterocycles. The van der Waals surface area contributed by atoms with Crippen LogP contribution in [0.3, 0.4) is 0 Å². The molecule has 0 fully saturated rings. The number of methoxy groups -OCH3 is 1. The fourth-order valence-corrected chi connectivity index (χ4v) is 2.56. The number of benzene rings is 1. The normalized spacial score (nSPS) is 14.1. The zero-order valence-corrected chi connectivity index (χ0v) is 13.2. The van der Waals surface area contributed by atoms with E-state index in [1.165, 1.54) is 26.0 Å². The monoisotopic (exact) mass is 281 g/mol. The fourth-order valence-electron chi connectivity index (χ4n) is 2.56. The van der Waals surface area contributed by atoms with Gasteiger partial charge in [-0.1, -0.05) is 39.7 Å². The summed E-state index contributed by atoms with van der Waals surface area (Å²) in [7, 11) is 1.51. The van der Waals surface area contributed by atoms with E-state index < -0.39 is 0 Å². The van der Waals surface area contributed by atoms with Crippen LogP contribution in [0.25, 0.3) is 0 Å². The van der Waals surface area contributed by atoms with E-state index in [-0.39, 0.29) is 11.9 Å². The minimum atomic E-state index is -0.299. The summed E-state index contributed by atoms with van der Waals surface area (Å²) in [6, 6.07) is 5.45. The molecule has 114 valence electrons. The van der Waals surface area contributed by atoms with Gasteiger partial charge in [-0.3, -0.25) is 0 Å². The third kappa shape index (κ3) is 5.12. The van der Waals surface area contributed by atoms with Gasteiger partial charge < -0.3 is 10.1 Å². The maximum Gasteiger partial charge on any atom is 0.165 e. The molecule has 0 aliphatic rings. The van der Waals surface area contributed by atoms with Crippen molar-refractivity contribution < 1.29 is 9.13 Å². The number of hydrogen-bond acceptors (Lipinski definition) is 2. The average molecular weight is 281 g/mol. The van der Waals surface area contributed by atoms with Gasteiger partial charge in [0.05, 0.1) is 7.11 Å². The minimum absolute atomic E-state index is 0.269. The molecule has 0 aromatic heterocycles. The smallest absolute Gasteiger partial charge is 0.165 e. The first-order chi connectivity index (χ1) is 9.62. The largest absolute Gasteiger partial charge is 0.494 e. The summed E-state index contributed by atoms with van der Waals surface area (Å²) in [5.74, 6) is 0.687. The molecule has 1 aromatic carbocycles. The van der Waals surface area contributed by atoms with Gasteiger partial charge in [-0.25, -0.2) is 4.39 Å². The van der Waals surface area contributed by atoms with Crippen molar-refractivity contribution in [2.75, 3.05) is 13.7 Å². The average Bonchev–Trinajstić information content (AvgIpc) is 2.44. The van der Waals surface area contributed by atoms with Crippen LogP contribution >= 0.6 is 0 Å². The quantitative estimate of drug-likeness (QED) is 0.708. The Morgan fingerprint density at radius 1 is 1.25 bits per heavy atom. The first-order valence-electron chi connectivity index (χ1n) is 7.69. The summed E-state index contributed by atoms with van der Waals surface area (Å²) >= 11 is 0. The summed E-state index contributed by atoms with van der Waals surface area (Å²) in [5, 5.41) is 3.57. The molecule has 0 spiro atoms. The molecule has 3 heteroatoms. The molecule has 0 amide bonds. The SMILES string of the molecule is CCCNC(CC(C)CCC)c1ccc(F)c(OC)c1. The van der Waals surface area contributed by atoms with Crippen LogP contribution in [0.2, 0.25) is 0 Å². The third-order valence-corrected chi connectivity index (χ3v) is 3.64. The molecule has 0 radical (unpaired) electrons. The van der Waals surface area contributed by atoms with E-state index in [4.69, 9.17) is 4.74 Å². The minimum Gasteiger partial charge on any atom is -0.494 e. The summed E-state index contributed by atoms with van der Waals surface area (Å²) in [6.07, 6.45) is 4.59. The highest BCUT2D eigenvalue weighted by molar-refractivity contribution is 5.32. The second-order valence-corrected chi connectivity index (χ2v) is 5.53. The van der Waals surface area contributed by atoms with Gasteiger partial charge in [0.25, 0.3) is 0 Å². The number of ether oxygens (including phenoxy) is 1. The number of nitrogens with one attached hydrogen (secondary N) is 1. The van der Waals surface area contributed by atoms with E-state index in [9.17, 15) is 4.39 Å². The van der Waals surface area contributed by atoms with Crippen LogP contribution in [0.15, 0.2) is 18.2 Å². The second-order valence-electron chi connectivity index (χ2n) is 5.53. The number of hydrogen-bond donors (Lipinski definition) is 1. The van der Waals surface area contributed by atoms with Gasteiger partial charge in [0.15, 0.2) is 11.6 Å². The van der Waals surface area contributed by atoms with E-state index in [2.05, 4.69) is 26.1 Å². The molecule has 0 bridgehead atoms. The molecule has 0 saturated carbocycles. The van der Waals surface area contributed by atoms with Crippen molar-refractivity contribution in [3.63, 3.8) is 0 Å². The van der Waals surface area contributed by atoms with Crippen LogP contribution < -0.4 is 10.1 Å². The van der Waals surface area contributed by atoms with E-state index in [1.54, 1.807) is 0 Å². The van der Waals surface area contributed by atoms with Crippen molar-refractivity contribution in [3.8, 4) is 5.75 Å². The third-order valence-electron chi connectivity index (χ3n) is 3.64. The second kappa shape index (κ2) is 8.96. The molecular formula is C17H28FNO. The zero-order chi connectivity index (χ0) is 15.0. The van der Waals surface area contributed by atoms with Crippen molar-refractivity contribution >= 4 is 0 Å². The Morgan fingerprint density at radius 3 is 2.60 bits per heavy atom. The van der Waals surface area contributed by atoms with Crippen molar-refractivity contribution in [2.45, 2.75) is 52.5 Å². The molecule has 1 N–H and O–H groups in total. The fraction of sp³-hybridized carbons (Fsp3) is 0.647. The molecule has 2 nitrogen and oxygen atoms in total. The van der Waals surface area contributed by atoms with Gasteiger partial charge in [0, 0.05) is 6.04 Å². The maximum absolute atomic E-state index is 13.5. The van der Waals surface area contributed by atoms with Crippen LogP contribution in [0.1, 0.15) is 58.1 Å². The first-order valence-corrected chi connectivity index (χ1v) is 7.69. The molecule has 0 heterocycles. The highest BCUT2D eigenvalue weighted by Crippen LogP contribution is 2.28. The molecule has 1 rings (SSSR count). The van der Waals surface area contributed by atoms with Crippen molar-refractivity contribution in [3.05, 3.63) is 29.6 Å². The van der Waals surface area contributed by atoms with Crippen molar-refractivity contribution in [1.29, 1.82) is 0 Å². The van der Waals surface area contributed by atoms with Crippen molar-refractivity contribution in [1.82, 2.24) is 5.32 Å². The lowest BCUT2D eigenvalue weighted by atomic mass is 9.92. The van der Waals surface area contributed by atoms with Gasteiger partial charge in [-0.05, 0) is 43.0 Å². The Labute approximate surface area is 122 Å². The van der Waals surface area contributed by atoms with Gasteiger partial charge in [-0.2, -0.15) is 0 Å². The maximum atomic E-state index is 13.5. The topological polar surface area (TPSA) is 21.3 Å². The molecule has 2 atom stereocenters. The Balaban J connectivity index is 2.85. The molecule has 2 unspecified atom stereocenters. The van der Waals surface area contributed by atoms with Crippen LogP contribution in [0.5, 0.6) is 5.75 Å². The van der Waals surface area contributed by atoms with E-state index in [0.717, 1.165) is 24.9 Å². The number of halogens is 1. The highest BCUT2D eigenvalue weighted by atomic mass is 19.1. The summed E-state index contributed by atoms with van der Waals surface area (Å²) in [5.41, 5.74) is 1.11. The predicted molar refractivity (Wildman–Crippen MR) is 82.7 cm³/mol. The van der Waals surface area contributed by atoms with Crippen LogP contribution in [0, 0.1) is 11.7 Å². The lowest BCUT2D eigenvalue weighted by molar-refractivity contribution is 0.375. The lowest BCUT2D eigenvalue weighted by Crippen LogP contribution is -2.24. The van der Waals surface area contributed by atoms with Crippen molar-refractivity contribution in [2.24, 2.45) is 5.92 Å². The summed E-state index contributed by atoms with van der Waals surface area (Å²) in [4.78, 5) is 0. The van der Waals surface area contributed by atoms with Crippen LogP contribution in [0.4, 0.5) is 4.39 Å². The summed E-state index contributed by atoms with van der Waals surface area (Å²) in [6.45, 7) is 7.63. The first kappa shape index (κ1) is 17.0. The van der Waals surface area contributed by atoms with Gasteiger partial charge >= 0.3 is 0 Å². The predicted octanol–water partition coefficient (Wildman–Crippen LogP) is 4.70. The van der Waals surface area contributed by atoms with Gasteiger partial charge in [0.2, 0.25) is 0 Å². The Hall–Kier alpha value is -1.09. The van der Waals surface area contributed by atoms with Crippen LogP contribution in [-0.2, 0) is 0 Å². The van der Waals surface area contributed by atoms with Crippen LogP contribution in [-0.4, -0.2) is 13.7 Å². The standard InChI is InChI=1S/C17H28FNO/c1-5-7-13(3)11-16(19-10-6-2)14-8-9-15(18)17(12-14)20-4/h8-9,12-13,16,19H,5-7,10-11H2,1-4H3. The van der Waals surface area contributed by atoms with E-state index >= 15 is 0 Å². The number of rotatable bonds is 9. The highest BCUT2D eigenvalue weighted by Gasteiger charge is 2.16. The Bertz CT molecular complexity index is 395. The lowest BCUT2D eigenvalue weighted by Gasteiger charge is -2.23. The molecule has 0 aliphatic carbocycles. The van der Waals surface area contributed by atoms with Gasteiger partial charge in [-0.15, -0.1) is 0 Å². The molecule has 20 heavy (non-hydrogen) atoms.